The molecule has 1 saturated heterocycles. The molecule has 12 nitrogen and oxygen atoms in total. The molecule has 1 aliphatic heterocycles. The molecule has 13 heteroatoms. The third-order valence-electron chi connectivity index (χ3n) is 7.40. The minimum Gasteiger partial charge on any atom is -0.507 e. The van der Waals surface area contributed by atoms with Gasteiger partial charge in [0.25, 0.3) is 0 Å². The van der Waals surface area contributed by atoms with Crippen molar-refractivity contribution in [1.82, 2.24) is 0 Å². The number of fused-ring (bicyclic) bond motifs is 3. The van der Waals surface area contributed by atoms with Crippen LogP contribution < -0.4 is 11.5 Å². The first-order chi connectivity index (χ1) is 17.9. The quantitative estimate of drug-likeness (QED) is 0.245. The molecule has 0 spiro atoms. The highest BCUT2D eigenvalue weighted by Crippen LogP contribution is 2.51. The van der Waals surface area contributed by atoms with Crippen LogP contribution in [0.5, 0.6) is 11.5 Å². The number of carbonyl (C=O) groups excluding carboxylic acids is 3. The number of hydrogen-bond donors (Lipinski definition) is 6. The van der Waals surface area contributed by atoms with Crippen molar-refractivity contribution in [1.29, 1.82) is 0 Å². The van der Waals surface area contributed by atoms with Gasteiger partial charge in [-0.2, -0.15) is 0 Å². The lowest BCUT2D eigenvalue weighted by Gasteiger charge is -2.42. The van der Waals surface area contributed by atoms with Gasteiger partial charge in [0.1, 0.15) is 23.7 Å². The molecule has 1 amide bonds. The topological polar surface area (TPSA) is 212 Å². The number of hydrogen-bond acceptors (Lipinski definition) is 11. The van der Waals surface area contributed by atoms with Gasteiger partial charge in [-0.3, -0.25) is 9.59 Å². The fourth-order valence-electron chi connectivity index (χ4n) is 5.55. The number of aliphatic hydroxyl groups excluding tert-OH is 1. The molecule has 1 fully saturated rings. The number of primary amides is 1. The van der Waals surface area contributed by atoms with Crippen molar-refractivity contribution in [2.75, 3.05) is 6.61 Å². The third-order valence-corrected chi connectivity index (χ3v) is 7.40. The van der Waals surface area contributed by atoms with Gasteiger partial charge in [-0.25, -0.2) is 4.79 Å². The van der Waals surface area contributed by atoms with Crippen LogP contribution in [-0.4, -0.2) is 74.8 Å². The Morgan fingerprint density at radius 1 is 1.13 bits per heavy atom. The summed E-state index contributed by atoms with van der Waals surface area (Å²) in [5.41, 5.74) is 8.57. The van der Waals surface area contributed by atoms with Crippen LogP contribution in [0.3, 0.4) is 0 Å². The number of amides is 1. The molecule has 8 N–H and O–H groups in total. The average Bonchev–Trinajstić information content (AvgIpc) is 2.86. The molecule has 1 heterocycles. The molecule has 0 unspecified atom stereocenters. The molecular weight excluding hydrogens is 536 g/mol. The van der Waals surface area contributed by atoms with Crippen LogP contribution in [-0.2, 0) is 20.6 Å². The minimum absolute atomic E-state index is 0. The van der Waals surface area contributed by atoms with Gasteiger partial charge in [0, 0.05) is 47.6 Å². The minimum atomic E-state index is -1.83. The summed E-state index contributed by atoms with van der Waals surface area (Å²) in [6.07, 6.45) is -5.51. The first kappa shape index (κ1) is 28.7. The molecule has 39 heavy (non-hydrogen) atoms. The predicted octanol–water partition coefficient (Wildman–Crippen LogP) is 0.948. The summed E-state index contributed by atoms with van der Waals surface area (Å²) < 4.78 is 16.6. The Balaban J connectivity index is 0.00000353. The summed E-state index contributed by atoms with van der Waals surface area (Å²) in [7, 11) is 0. The number of ether oxygens (including phenoxy) is 3. The zero-order valence-corrected chi connectivity index (χ0v) is 21.6. The Morgan fingerprint density at radius 2 is 1.72 bits per heavy atom. The van der Waals surface area contributed by atoms with Crippen LogP contribution >= 0.6 is 12.4 Å². The molecule has 2 aromatic carbocycles. The maximum atomic E-state index is 13.4. The predicted molar refractivity (Wildman–Crippen MR) is 136 cm³/mol. The molecule has 210 valence electrons. The van der Waals surface area contributed by atoms with Crippen molar-refractivity contribution in [3.63, 3.8) is 0 Å². The molecule has 6 atom stereocenters. The van der Waals surface area contributed by atoms with E-state index in [1.54, 1.807) is 19.1 Å². The lowest BCUT2D eigenvalue weighted by atomic mass is 9.73. The van der Waals surface area contributed by atoms with Crippen molar-refractivity contribution in [2.24, 2.45) is 11.5 Å². The number of halogens is 1. The number of aliphatic hydroxyl groups is 2. The Morgan fingerprint density at radius 3 is 2.28 bits per heavy atom. The van der Waals surface area contributed by atoms with E-state index < -0.39 is 77.6 Å². The van der Waals surface area contributed by atoms with Gasteiger partial charge >= 0.3 is 6.09 Å². The van der Waals surface area contributed by atoms with E-state index in [-0.39, 0.29) is 59.5 Å². The van der Waals surface area contributed by atoms with Gasteiger partial charge in [0.05, 0.1) is 29.4 Å². The number of nitrogens with two attached hydrogens (primary N) is 2. The van der Waals surface area contributed by atoms with Crippen LogP contribution in [0.25, 0.3) is 0 Å². The average molecular weight is 565 g/mol. The second-order valence-corrected chi connectivity index (χ2v) is 10.0. The number of carbonyl (C=O) groups is 3. The SMILES string of the molecule is C[C@@H]1O[C@@H](O[C@H]2C[C@](O)(COC(N)=O)Cc3c(O)c4c(c(O)c32)C(=O)c2ccccc2C4=O)C[C@H](N)[C@H]1O.Cl. The van der Waals surface area contributed by atoms with Crippen molar-refractivity contribution in [3.05, 3.63) is 57.6 Å². The van der Waals surface area contributed by atoms with Crippen LogP contribution in [0.15, 0.2) is 24.3 Å². The summed E-state index contributed by atoms with van der Waals surface area (Å²) >= 11 is 0. The fraction of sp³-hybridized carbons (Fsp3) is 0.423. The molecule has 0 bridgehead atoms. The van der Waals surface area contributed by atoms with Crippen LogP contribution in [0.2, 0.25) is 0 Å². The van der Waals surface area contributed by atoms with Gasteiger partial charge in [-0.15, -0.1) is 12.4 Å². The number of benzene rings is 2. The summed E-state index contributed by atoms with van der Waals surface area (Å²) in [5.74, 6) is -2.50. The number of aromatic hydroxyl groups is 2. The lowest BCUT2D eigenvalue weighted by Crippen LogP contribution is -2.52. The maximum absolute atomic E-state index is 13.4. The first-order valence-electron chi connectivity index (χ1n) is 12.1. The van der Waals surface area contributed by atoms with Crippen molar-refractivity contribution >= 4 is 30.1 Å². The molecule has 0 radical (unpaired) electrons. The Kier molecular flexibility index (Phi) is 7.65. The van der Waals surface area contributed by atoms with Gasteiger partial charge < -0.3 is 46.1 Å². The third kappa shape index (κ3) is 4.84. The second kappa shape index (κ2) is 10.4. The van der Waals surface area contributed by atoms with E-state index in [0.29, 0.717) is 0 Å². The van der Waals surface area contributed by atoms with Crippen molar-refractivity contribution < 1.29 is 49.0 Å². The van der Waals surface area contributed by atoms with E-state index in [2.05, 4.69) is 0 Å². The van der Waals surface area contributed by atoms with E-state index in [1.165, 1.54) is 12.1 Å². The largest absolute Gasteiger partial charge is 0.507 e. The highest BCUT2D eigenvalue weighted by atomic mass is 35.5. The molecule has 0 aromatic heterocycles. The monoisotopic (exact) mass is 564 g/mol. The lowest BCUT2D eigenvalue weighted by molar-refractivity contribution is -0.248. The maximum Gasteiger partial charge on any atom is 0.404 e. The summed E-state index contributed by atoms with van der Waals surface area (Å²) in [6, 6.07) is 5.35. The zero-order chi connectivity index (χ0) is 27.5. The van der Waals surface area contributed by atoms with Gasteiger partial charge in [-0.1, -0.05) is 24.3 Å². The molecule has 2 aliphatic carbocycles. The van der Waals surface area contributed by atoms with E-state index in [9.17, 15) is 34.8 Å². The summed E-state index contributed by atoms with van der Waals surface area (Å²) in [5, 5.41) is 44.2. The van der Waals surface area contributed by atoms with Crippen molar-refractivity contribution in [3.8, 4) is 11.5 Å². The van der Waals surface area contributed by atoms with Crippen LogP contribution in [0.1, 0.15) is 68.8 Å². The zero-order valence-electron chi connectivity index (χ0n) is 20.8. The van der Waals surface area contributed by atoms with E-state index in [1.807, 2.05) is 0 Å². The standard InChI is InChI=1S/C26H28N2O10.ClH/c1-10-20(29)14(27)6-16(37-10)38-15-8-26(35,9-36-25(28)34)7-13-17(15)24(33)19-18(23(13)32)21(30)11-4-2-3-5-12(11)22(19)31;/h2-5,10,14-16,20,29,32-33,35H,6-9,27H2,1H3,(H2,28,34);1H/t10-,14-,15-,16-,20-,26-;/m0./s1. The van der Waals surface area contributed by atoms with Crippen LogP contribution in [0.4, 0.5) is 4.79 Å². The fourth-order valence-corrected chi connectivity index (χ4v) is 5.55. The normalized spacial score (nSPS) is 29.5. The molecule has 5 rings (SSSR count). The van der Waals surface area contributed by atoms with E-state index in [0.717, 1.165) is 0 Å². The van der Waals surface area contributed by atoms with E-state index >= 15 is 0 Å². The molecular formula is C26H29ClN2O10. The summed E-state index contributed by atoms with van der Waals surface area (Å²) in [6.45, 7) is 1.03. The Bertz CT molecular complexity index is 1340. The van der Waals surface area contributed by atoms with Crippen molar-refractivity contribution in [2.45, 2.75) is 62.4 Å². The van der Waals surface area contributed by atoms with Gasteiger partial charge in [0.2, 0.25) is 0 Å². The Labute approximate surface area is 228 Å². The number of rotatable bonds is 4. The Hall–Kier alpha value is -3.26. The first-order valence-corrected chi connectivity index (χ1v) is 12.1. The highest BCUT2D eigenvalue weighted by molar-refractivity contribution is 6.30. The van der Waals surface area contributed by atoms with Gasteiger partial charge in [-0.05, 0) is 6.92 Å². The van der Waals surface area contributed by atoms with Crippen LogP contribution in [0, 0.1) is 0 Å². The van der Waals surface area contributed by atoms with Gasteiger partial charge in [0.15, 0.2) is 17.9 Å². The molecule has 2 aromatic rings. The number of phenolic OH excluding ortho intramolecular Hbond substituents is 2. The van der Waals surface area contributed by atoms with E-state index in [4.69, 9.17) is 25.7 Å². The smallest absolute Gasteiger partial charge is 0.404 e. The number of phenols is 2. The summed E-state index contributed by atoms with van der Waals surface area (Å²) in [4.78, 5) is 38.0. The highest BCUT2D eigenvalue weighted by Gasteiger charge is 2.47. The number of ketones is 2. The molecule has 0 saturated carbocycles. The molecule has 3 aliphatic rings. The second-order valence-electron chi connectivity index (χ2n) is 10.0.